The quantitative estimate of drug-likeness (QED) is 0.870. The Balaban J connectivity index is 1.54. The molecule has 1 aromatic heterocycles. The summed E-state index contributed by atoms with van der Waals surface area (Å²) >= 11 is 6.15. The Kier molecular flexibility index (Phi) is 6.13. The van der Waals surface area contributed by atoms with Gasteiger partial charge in [-0.2, -0.15) is 5.10 Å². The Morgan fingerprint density at radius 1 is 1.19 bits per heavy atom. The van der Waals surface area contributed by atoms with E-state index in [9.17, 15) is 9.59 Å². The van der Waals surface area contributed by atoms with E-state index in [4.69, 9.17) is 11.6 Å². The highest BCUT2D eigenvalue weighted by Gasteiger charge is 2.22. The van der Waals surface area contributed by atoms with Gasteiger partial charge in [0.2, 0.25) is 5.91 Å². The number of carbonyl (C=O) groups is 2. The number of hydrogen-bond acceptors (Lipinski definition) is 4. The molecule has 1 N–H and O–H groups in total. The standard InChI is InChI=1S/C19H24ClN5O2/c1-14-4-5-15(12-16(14)20)19(27)25-8-3-7-24(10-11-25)13-18(26)21-17-6-9-23(2)22-17/h4-6,9,12H,3,7-8,10-11,13H2,1-2H3,(H,21,22,26). The van der Waals surface area contributed by atoms with Crippen LogP contribution in [0.25, 0.3) is 0 Å². The van der Waals surface area contributed by atoms with E-state index in [1.807, 2.05) is 24.0 Å². The van der Waals surface area contributed by atoms with Crippen LogP contribution in [0, 0.1) is 6.92 Å². The smallest absolute Gasteiger partial charge is 0.253 e. The van der Waals surface area contributed by atoms with Crippen molar-refractivity contribution in [3.05, 3.63) is 46.6 Å². The monoisotopic (exact) mass is 389 g/mol. The summed E-state index contributed by atoms with van der Waals surface area (Å²) in [6.07, 6.45) is 2.60. The largest absolute Gasteiger partial charge is 0.337 e. The maximum atomic E-state index is 12.7. The van der Waals surface area contributed by atoms with E-state index < -0.39 is 0 Å². The average Bonchev–Trinajstić information content (AvgIpc) is 2.89. The molecule has 0 unspecified atom stereocenters. The van der Waals surface area contributed by atoms with Crippen LogP contribution in [0.4, 0.5) is 5.82 Å². The fourth-order valence-electron chi connectivity index (χ4n) is 3.11. The summed E-state index contributed by atoms with van der Waals surface area (Å²) in [5.74, 6) is 0.431. The lowest BCUT2D eigenvalue weighted by molar-refractivity contribution is -0.117. The average molecular weight is 390 g/mol. The molecule has 0 atom stereocenters. The Morgan fingerprint density at radius 3 is 2.70 bits per heavy atom. The van der Waals surface area contributed by atoms with Crippen LogP contribution in [0.15, 0.2) is 30.5 Å². The van der Waals surface area contributed by atoms with Crippen LogP contribution in [0.1, 0.15) is 22.3 Å². The van der Waals surface area contributed by atoms with Gasteiger partial charge in [0.1, 0.15) is 0 Å². The first-order chi connectivity index (χ1) is 12.9. The van der Waals surface area contributed by atoms with Crippen molar-refractivity contribution < 1.29 is 9.59 Å². The lowest BCUT2D eigenvalue weighted by Gasteiger charge is -2.22. The number of amides is 2. The molecule has 0 radical (unpaired) electrons. The molecule has 1 saturated heterocycles. The number of nitrogens with zero attached hydrogens (tertiary/aromatic N) is 4. The molecule has 0 saturated carbocycles. The third-order valence-corrected chi connectivity index (χ3v) is 5.05. The molecule has 144 valence electrons. The van der Waals surface area contributed by atoms with Crippen LogP contribution in [0.2, 0.25) is 5.02 Å². The van der Waals surface area contributed by atoms with Gasteiger partial charge < -0.3 is 10.2 Å². The Bertz CT molecular complexity index is 835. The van der Waals surface area contributed by atoms with Crippen molar-refractivity contribution in [2.45, 2.75) is 13.3 Å². The number of anilines is 1. The Hall–Kier alpha value is -2.38. The van der Waals surface area contributed by atoms with E-state index in [2.05, 4.69) is 15.3 Å². The van der Waals surface area contributed by atoms with E-state index in [0.717, 1.165) is 18.5 Å². The minimum atomic E-state index is -0.0983. The van der Waals surface area contributed by atoms with Crippen molar-refractivity contribution in [2.75, 3.05) is 38.0 Å². The summed E-state index contributed by atoms with van der Waals surface area (Å²) in [6.45, 7) is 4.88. The van der Waals surface area contributed by atoms with E-state index >= 15 is 0 Å². The van der Waals surface area contributed by atoms with Gasteiger partial charge in [0, 0.05) is 56.1 Å². The van der Waals surface area contributed by atoms with Gasteiger partial charge in [-0.3, -0.25) is 19.2 Å². The van der Waals surface area contributed by atoms with Gasteiger partial charge in [-0.05, 0) is 31.0 Å². The number of benzene rings is 1. The van der Waals surface area contributed by atoms with Crippen molar-refractivity contribution in [3.8, 4) is 0 Å². The molecule has 2 amide bonds. The highest BCUT2D eigenvalue weighted by molar-refractivity contribution is 6.31. The zero-order chi connectivity index (χ0) is 19.4. The normalized spacial score (nSPS) is 15.4. The van der Waals surface area contributed by atoms with Gasteiger partial charge in [0.05, 0.1) is 6.54 Å². The number of rotatable bonds is 4. The van der Waals surface area contributed by atoms with Crippen LogP contribution < -0.4 is 5.32 Å². The third kappa shape index (κ3) is 5.08. The van der Waals surface area contributed by atoms with Crippen LogP contribution in [-0.4, -0.2) is 64.1 Å². The van der Waals surface area contributed by atoms with Gasteiger partial charge in [0.25, 0.3) is 5.91 Å². The lowest BCUT2D eigenvalue weighted by atomic mass is 10.1. The molecular formula is C19H24ClN5O2. The topological polar surface area (TPSA) is 70.5 Å². The van der Waals surface area contributed by atoms with Gasteiger partial charge in [-0.1, -0.05) is 17.7 Å². The Morgan fingerprint density at radius 2 is 2.00 bits per heavy atom. The number of aromatic nitrogens is 2. The van der Waals surface area contributed by atoms with Crippen LogP contribution in [0.3, 0.4) is 0 Å². The summed E-state index contributed by atoms with van der Waals surface area (Å²) < 4.78 is 1.64. The van der Waals surface area contributed by atoms with Gasteiger partial charge in [-0.15, -0.1) is 0 Å². The molecule has 0 bridgehead atoms. The maximum absolute atomic E-state index is 12.7. The minimum absolute atomic E-state index is 0.0170. The van der Waals surface area contributed by atoms with Crippen molar-refractivity contribution in [3.63, 3.8) is 0 Å². The summed E-state index contributed by atoms with van der Waals surface area (Å²) in [5, 5.41) is 7.54. The summed E-state index contributed by atoms with van der Waals surface area (Å²) in [7, 11) is 1.80. The fourth-order valence-corrected chi connectivity index (χ4v) is 3.29. The van der Waals surface area contributed by atoms with E-state index in [1.54, 1.807) is 30.1 Å². The number of carbonyl (C=O) groups excluding carboxylic acids is 2. The highest BCUT2D eigenvalue weighted by atomic mass is 35.5. The number of hydrogen-bond donors (Lipinski definition) is 1. The summed E-state index contributed by atoms with van der Waals surface area (Å²) in [6, 6.07) is 7.16. The van der Waals surface area contributed by atoms with E-state index in [0.29, 0.717) is 36.0 Å². The molecule has 27 heavy (non-hydrogen) atoms. The predicted molar refractivity (Wildman–Crippen MR) is 105 cm³/mol. The maximum Gasteiger partial charge on any atom is 0.253 e. The van der Waals surface area contributed by atoms with Gasteiger partial charge in [0.15, 0.2) is 5.82 Å². The number of nitrogens with one attached hydrogen (secondary N) is 1. The first kappa shape index (κ1) is 19.4. The third-order valence-electron chi connectivity index (χ3n) is 4.64. The van der Waals surface area contributed by atoms with E-state index in [-0.39, 0.29) is 18.4 Å². The van der Waals surface area contributed by atoms with E-state index in [1.165, 1.54) is 0 Å². The van der Waals surface area contributed by atoms with Crippen LogP contribution >= 0.6 is 11.6 Å². The first-order valence-corrected chi connectivity index (χ1v) is 9.37. The zero-order valence-corrected chi connectivity index (χ0v) is 16.4. The molecule has 8 heteroatoms. The summed E-state index contributed by atoms with van der Waals surface area (Å²) in [5.41, 5.74) is 1.56. The second kappa shape index (κ2) is 8.54. The Labute approximate surface area is 163 Å². The van der Waals surface area contributed by atoms with Gasteiger partial charge in [-0.25, -0.2) is 0 Å². The number of aryl methyl sites for hydroxylation is 2. The lowest BCUT2D eigenvalue weighted by Crippen LogP contribution is -2.38. The number of halogens is 1. The molecule has 0 aliphatic carbocycles. The second-order valence-electron chi connectivity index (χ2n) is 6.81. The molecule has 1 aliphatic rings. The van der Waals surface area contributed by atoms with Gasteiger partial charge >= 0.3 is 0 Å². The molecule has 1 fully saturated rings. The molecule has 1 aliphatic heterocycles. The van der Waals surface area contributed by atoms with Crippen molar-refractivity contribution in [2.24, 2.45) is 7.05 Å². The minimum Gasteiger partial charge on any atom is -0.337 e. The van der Waals surface area contributed by atoms with Crippen LogP contribution in [-0.2, 0) is 11.8 Å². The van der Waals surface area contributed by atoms with Crippen LogP contribution in [0.5, 0.6) is 0 Å². The molecule has 0 spiro atoms. The molecule has 7 nitrogen and oxygen atoms in total. The predicted octanol–water partition coefficient (Wildman–Crippen LogP) is 2.17. The summed E-state index contributed by atoms with van der Waals surface area (Å²) in [4.78, 5) is 28.9. The molecule has 1 aromatic carbocycles. The molecule has 3 rings (SSSR count). The fraction of sp³-hybridized carbons (Fsp3) is 0.421. The molecule has 2 heterocycles. The molecular weight excluding hydrogens is 366 g/mol. The SMILES string of the molecule is Cc1ccc(C(=O)N2CCCN(CC(=O)Nc3ccn(C)n3)CC2)cc1Cl. The van der Waals surface area contributed by atoms with Crippen molar-refractivity contribution in [1.29, 1.82) is 0 Å². The van der Waals surface area contributed by atoms with Crippen molar-refractivity contribution in [1.82, 2.24) is 19.6 Å². The highest BCUT2D eigenvalue weighted by Crippen LogP contribution is 2.18. The second-order valence-corrected chi connectivity index (χ2v) is 7.22. The first-order valence-electron chi connectivity index (χ1n) is 8.99. The zero-order valence-electron chi connectivity index (χ0n) is 15.6. The molecule has 2 aromatic rings. The van der Waals surface area contributed by atoms with Crippen molar-refractivity contribution >= 4 is 29.2 Å².